The smallest absolute Gasteiger partial charge is 0.347 e. The van der Waals surface area contributed by atoms with Crippen LogP contribution >= 0.6 is 0 Å². The first-order valence-electron chi connectivity index (χ1n) is 45.7. The minimum atomic E-state index is -3.68. The van der Waals surface area contributed by atoms with Crippen LogP contribution in [0, 0.1) is 12.9 Å². The number of rotatable bonds is 18. The molecule has 0 unspecified atom stereocenters. The summed E-state index contributed by atoms with van der Waals surface area (Å²) in [6, 6.07) is 43.1. The van der Waals surface area contributed by atoms with E-state index in [9.17, 15) is 64.5 Å². The molecule has 3 N–H and O–H groups in total. The predicted octanol–water partition coefficient (Wildman–Crippen LogP) is 6.46. The predicted molar refractivity (Wildman–Crippen MR) is 516 cm³/mol. The van der Waals surface area contributed by atoms with Gasteiger partial charge in [0.25, 0.3) is 10.1 Å². The number of hydrogen-bond acceptors (Lipinski definition) is 33. The van der Waals surface area contributed by atoms with Crippen molar-refractivity contribution in [2.75, 3.05) is 208 Å². The Balaban J connectivity index is 0.000000157. The van der Waals surface area contributed by atoms with Crippen molar-refractivity contribution in [2.24, 2.45) is 0 Å². The summed E-state index contributed by atoms with van der Waals surface area (Å²) in [6.45, 7) is 23.8. The Bertz CT molecular complexity index is 6140. The fourth-order valence-electron chi connectivity index (χ4n) is 18.0. The van der Waals surface area contributed by atoms with Crippen molar-refractivity contribution in [2.45, 2.75) is 114 Å². The molecule has 19 rings (SSSR count). The van der Waals surface area contributed by atoms with Gasteiger partial charge in [0.1, 0.15) is 17.3 Å². The molecule has 33 nitrogen and oxygen atoms in total. The van der Waals surface area contributed by atoms with Gasteiger partial charge in [-0.25, -0.2) is 71.6 Å². The molecule has 0 amide bonds. The van der Waals surface area contributed by atoms with E-state index in [0.717, 1.165) is 134 Å². The first-order valence-corrected chi connectivity index (χ1v) is 56.2. The minimum Gasteiger partial charge on any atom is -0.497 e. The molecule has 10 aliphatic heterocycles. The molecule has 134 heavy (non-hydrogen) atoms. The van der Waals surface area contributed by atoms with Gasteiger partial charge in [0.2, 0.25) is 17.7 Å². The summed E-state index contributed by atoms with van der Waals surface area (Å²) in [5, 5.41) is 10.4. The second kappa shape index (κ2) is 48.8. The number of anilines is 1. The molecule has 10 fully saturated rings. The molecule has 41 heteroatoms. The number of fused-ring (bicyclic) bond motifs is 2. The van der Waals surface area contributed by atoms with Crippen molar-refractivity contribution in [3.05, 3.63) is 200 Å². The van der Waals surface area contributed by atoms with Gasteiger partial charge in [0, 0.05) is 214 Å². The summed E-state index contributed by atoms with van der Waals surface area (Å²) in [5.74, 6) is 4.46. The Morgan fingerprint density at radius 3 is 1.29 bits per heavy atom. The van der Waals surface area contributed by atoms with Crippen molar-refractivity contribution >= 4 is 86.9 Å². The second-order valence-corrected chi connectivity index (χ2v) is 48.0. The molecule has 14 heterocycles. The van der Waals surface area contributed by atoms with Crippen molar-refractivity contribution in [1.29, 1.82) is 0 Å². The number of benzene rings is 5. The molecular weight excluding hydrogens is 1920 g/mol. The number of ether oxygens (including phenoxy) is 2. The molecule has 5 aromatic carbocycles. The molecule has 5 atom stereocenters. The standard InChI is InChI=1S/C24H28N4O5S.C18H21NO3S.C16H13FN2O3.C15H22N2O2S.2C8H16N2O2S.C4H9NO2S.Y.H2/c1-3-16-13-18(32-2)14-20-21(16)24(29)33-23(26-20)19-5-4-7-25-22(19)28-8-6-17(15-28)27-9-11-34(30,31)12-10-27;1-15-7-9-18(10-8-15)23(20,21)22-17-11-12-19(14-17)13-16-5-3-2-4-6-16;1-3-9-7-10(21-2)8-12-13(9)16(20)22-15(19-12)11-5-4-6-18-14(11)17;18-20(19)10-8-17(9-11-20)15-6-7-16(13-15)12-14-4-2-1-3-5-14;2*11-13(12)5-3-10(4-6-13)8-1-2-9-7-8;6-8(7)3-1-5-2-4-8;;/h4-5,7,13-14,17H,3,6,8-12,15H2,1-2H3;2-10,17H,11-14H2,1H3;4-8H,3H2,1-2H3;1-5,15H,6-13H2;2*8-9H,1-7H2;5H,1-4H2;;1H/t2*17-;;15-;2*8-;;;/m10.111.../s1. The topological polar surface area (TPSA) is 403 Å². The van der Waals surface area contributed by atoms with E-state index in [4.69, 9.17) is 22.5 Å². The Morgan fingerprint density at radius 1 is 0.455 bits per heavy atom. The van der Waals surface area contributed by atoms with Gasteiger partial charge in [-0.3, -0.25) is 33.6 Å². The van der Waals surface area contributed by atoms with Crippen molar-refractivity contribution in [3.63, 3.8) is 0 Å². The average molecular weight is 2050 g/mol. The zero-order valence-corrected chi connectivity index (χ0v) is 84.6. The van der Waals surface area contributed by atoms with Crippen LogP contribution < -0.4 is 41.6 Å². The van der Waals surface area contributed by atoms with Crippen LogP contribution in [0.3, 0.4) is 0 Å². The summed E-state index contributed by atoms with van der Waals surface area (Å²) in [7, 11) is -14.3. The number of halogens is 1. The van der Waals surface area contributed by atoms with Gasteiger partial charge in [-0.2, -0.15) is 12.8 Å². The van der Waals surface area contributed by atoms with Gasteiger partial charge in [0.05, 0.1) is 116 Å². The SMILES string of the molecule is CCc1cc(OC)cc2nc(-c3cccnc3F)oc(=O)c12.CCc1cc(OC)cc2nc(-c3cccnc3N3CC[C@@H](N4CCS(=O)(=O)CC4)C3)oc(=O)c12.Cc1ccc(S(=O)(=O)O[C@H]2CCN(Cc3ccccc3)C2)cc1.O=S1(=O)CCN([C@@H]2CCN(Cc3ccccc3)C2)CC1.O=S1(=O)CCN([C@@H]2CCNC2)CC1.O=S1(=O)CCN([C@@H]2CCNC2)CC1.O=S1(=O)CCNCC1.[HH].[Y]. The number of nitrogens with one attached hydrogen (secondary N) is 3. The number of hydrogen-bond donors (Lipinski definition) is 3. The third-order valence-corrected chi connectivity index (χ3v) is 35.1. The van der Waals surface area contributed by atoms with Crippen LogP contribution in [0.4, 0.5) is 10.2 Å². The zero-order valence-electron chi connectivity index (χ0n) is 76.9. The fourth-order valence-corrected chi connectivity index (χ4v) is 25.1. The number of nitrogens with zero attached hydrogens (tertiary/aromatic N) is 11. The third kappa shape index (κ3) is 30.2. The van der Waals surface area contributed by atoms with E-state index in [-0.39, 0.29) is 80.0 Å². The molecular formula is C93H127FN14O19S6Y. The maximum absolute atomic E-state index is 13.8. The normalized spacial score (nSPS) is 22.9. The molecule has 10 saturated heterocycles. The maximum Gasteiger partial charge on any atom is 0.347 e. The number of sulfone groups is 5. The Labute approximate surface area is 813 Å². The molecule has 0 saturated carbocycles. The Morgan fingerprint density at radius 2 is 0.866 bits per heavy atom. The largest absolute Gasteiger partial charge is 0.497 e. The van der Waals surface area contributed by atoms with Crippen LogP contribution in [0.1, 0.15) is 75.2 Å². The monoisotopic (exact) mass is 2040 g/mol. The van der Waals surface area contributed by atoms with E-state index >= 15 is 0 Å². The van der Waals surface area contributed by atoms with E-state index in [2.05, 4.69) is 107 Å². The number of pyridine rings is 2. The van der Waals surface area contributed by atoms with Crippen LogP contribution in [0.5, 0.6) is 11.5 Å². The zero-order chi connectivity index (χ0) is 94.5. The number of methoxy groups -OCH3 is 2. The first-order chi connectivity index (χ1) is 63.7. The van der Waals surface area contributed by atoms with Gasteiger partial charge in [0.15, 0.2) is 49.2 Å². The molecule has 9 aromatic rings. The summed E-state index contributed by atoms with van der Waals surface area (Å²) in [6.07, 6.45) is 9.19. The van der Waals surface area contributed by atoms with Gasteiger partial charge < -0.3 is 39.2 Å². The second-order valence-electron chi connectivity index (χ2n) is 34.9. The van der Waals surface area contributed by atoms with E-state index in [1.807, 2.05) is 57.2 Å². The summed E-state index contributed by atoms with van der Waals surface area (Å²) >= 11 is 0. The van der Waals surface area contributed by atoms with Gasteiger partial charge in [-0.15, -0.1) is 0 Å². The quantitative estimate of drug-likeness (QED) is 0.0612. The van der Waals surface area contributed by atoms with Crippen LogP contribution in [0.15, 0.2) is 169 Å². The third-order valence-electron chi connectivity index (χ3n) is 25.7. The number of aromatic nitrogens is 4. The molecule has 0 spiro atoms. The van der Waals surface area contributed by atoms with E-state index in [1.165, 1.54) is 43.3 Å². The van der Waals surface area contributed by atoms with Gasteiger partial charge >= 0.3 is 11.3 Å². The summed E-state index contributed by atoms with van der Waals surface area (Å²) in [4.78, 5) is 58.7. The Hall–Kier alpha value is -7.59. The fraction of sp³-hybridized carbons (Fsp3) is 0.527. The summed E-state index contributed by atoms with van der Waals surface area (Å²) < 4.78 is 178. The van der Waals surface area contributed by atoms with E-state index in [0.29, 0.717) is 167 Å². The van der Waals surface area contributed by atoms with Crippen LogP contribution in [-0.2, 0) is 122 Å². The first kappa shape index (κ1) is 105. The Kier molecular flexibility index (Phi) is 38.4. The molecule has 0 bridgehead atoms. The molecule has 10 aliphatic rings. The van der Waals surface area contributed by atoms with E-state index in [1.54, 1.807) is 67.9 Å². The molecule has 729 valence electrons. The van der Waals surface area contributed by atoms with Crippen LogP contribution in [0.2, 0.25) is 0 Å². The van der Waals surface area contributed by atoms with E-state index < -0.39 is 76.5 Å². The van der Waals surface area contributed by atoms with Gasteiger partial charge in [-0.1, -0.05) is 92.2 Å². The van der Waals surface area contributed by atoms with Crippen molar-refractivity contribution in [1.82, 2.24) is 65.3 Å². The van der Waals surface area contributed by atoms with Crippen LogP contribution in [-0.4, -0.2) is 333 Å². The maximum atomic E-state index is 13.8. The number of likely N-dealkylation sites (tertiary alicyclic amines) is 2. The molecule has 4 aromatic heterocycles. The van der Waals surface area contributed by atoms with Crippen molar-refractivity contribution < 1.29 is 112 Å². The summed E-state index contributed by atoms with van der Waals surface area (Å²) in [5.41, 5.74) is 5.88. The van der Waals surface area contributed by atoms with Gasteiger partial charge in [-0.05, 0) is 136 Å². The van der Waals surface area contributed by atoms with Crippen molar-refractivity contribution in [3.8, 4) is 34.4 Å². The molecule has 0 aliphatic carbocycles. The number of aryl methyl sites for hydroxylation is 3. The molecule has 1 radical (unpaired) electrons. The van der Waals surface area contributed by atoms with Crippen LogP contribution in [0.25, 0.3) is 44.7 Å². The average Bonchev–Trinajstić information content (AvgIpc) is 1.72. The minimum absolute atomic E-state index is 0.